The minimum atomic E-state index is -1.50. The summed E-state index contributed by atoms with van der Waals surface area (Å²) in [7, 11) is 0. The van der Waals surface area contributed by atoms with Crippen molar-refractivity contribution in [3.8, 4) is 11.1 Å². The highest BCUT2D eigenvalue weighted by Gasteiger charge is 2.35. The van der Waals surface area contributed by atoms with Crippen LogP contribution in [-0.4, -0.2) is 116 Å². The number of carbonyl (C=O) groups is 8. The van der Waals surface area contributed by atoms with Gasteiger partial charge in [0.05, 0.1) is 0 Å². The van der Waals surface area contributed by atoms with Crippen molar-refractivity contribution in [2.75, 3.05) is 6.61 Å². The van der Waals surface area contributed by atoms with Crippen LogP contribution in [0.25, 0.3) is 33.1 Å². The average Bonchev–Trinajstić information content (AvgIpc) is 3.86. The molecule has 5 N–H and O–H groups in total. The number of esters is 2. The Kier molecular flexibility index (Phi) is 18.6. The summed E-state index contributed by atoms with van der Waals surface area (Å²) in [6.45, 7) is 9.56. The lowest BCUT2D eigenvalue weighted by Gasteiger charge is -2.27. The third-order valence-corrected chi connectivity index (χ3v) is 11.1. The van der Waals surface area contributed by atoms with Crippen LogP contribution in [-0.2, 0) is 54.2 Å². The van der Waals surface area contributed by atoms with Crippen molar-refractivity contribution in [1.82, 2.24) is 26.3 Å². The quantitative estimate of drug-likeness (QED) is 0.0220. The first-order valence-corrected chi connectivity index (χ1v) is 23.1. The summed E-state index contributed by atoms with van der Waals surface area (Å²) < 4.78 is 16.9. The number of amides is 4. The molecule has 1 aliphatic rings. The first kappa shape index (κ1) is 53.9. The van der Waals surface area contributed by atoms with Crippen LogP contribution in [0, 0.1) is 0 Å². The normalized spacial score (nSPS) is 13.5. The SMILES string of the molecule is CC(C)(C)OC(=O)[C@H](CCC(=O)C=[N+]=[N-])NC(=O)[C@H](CCC(=O)C=[N+]=[N-])NC(=O)CC[C@H](NC(=O)[C@H](Cc1c[nH]c2ccccc12)NC(=O)OCC1c2ccccc2-c2ccccc21)C(=O)OC(C)(C)C. The molecule has 374 valence electrons. The molecular formula is C51H59N9O11. The number of hydrogen-bond donors (Lipinski definition) is 5. The molecule has 0 fully saturated rings. The second-order valence-electron chi connectivity index (χ2n) is 18.9. The molecule has 0 saturated heterocycles. The van der Waals surface area contributed by atoms with E-state index in [9.17, 15) is 38.4 Å². The van der Waals surface area contributed by atoms with Crippen LogP contribution in [0.3, 0.4) is 0 Å². The molecular weight excluding hydrogens is 915 g/mol. The average molecular weight is 974 g/mol. The Hall–Kier alpha value is -8.08. The molecule has 4 atom stereocenters. The van der Waals surface area contributed by atoms with E-state index >= 15 is 0 Å². The first-order chi connectivity index (χ1) is 33.7. The number of rotatable bonds is 23. The van der Waals surface area contributed by atoms with Gasteiger partial charge in [-0.05, 0) is 94.7 Å². The minimum absolute atomic E-state index is 0.0413. The Morgan fingerprint density at radius 3 is 1.63 bits per heavy atom. The highest BCUT2D eigenvalue weighted by molar-refractivity contribution is 6.25. The van der Waals surface area contributed by atoms with Crippen LogP contribution in [0.2, 0.25) is 0 Å². The fourth-order valence-electron chi connectivity index (χ4n) is 7.94. The van der Waals surface area contributed by atoms with Crippen LogP contribution in [0.5, 0.6) is 0 Å². The van der Waals surface area contributed by atoms with E-state index < -0.39 is 95.5 Å². The molecule has 20 heteroatoms. The zero-order valence-electron chi connectivity index (χ0n) is 40.5. The zero-order chi connectivity index (χ0) is 51.9. The number of nitrogens with zero attached hydrogens (tertiary/aromatic N) is 4. The van der Waals surface area contributed by atoms with E-state index in [-0.39, 0.29) is 44.6 Å². The van der Waals surface area contributed by atoms with Gasteiger partial charge in [-0.25, -0.2) is 14.4 Å². The van der Waals surface area contributed by atoms with E-state index in [2.05, 4.69) is 35.8 Å². The van der Waals surface area contributed by atoms with Crippen LogP contribution >= 0.6 is 0 Å². The largest absolute Gasteiger partial charge is 0.458 e. The lowest BCUT2D eigenvalue weighted by Crippen LogP contribution is -2.54. The number of aromatic nitrogens is 1. The molecule has 0 saturated carbocycles. The number of hydrogen-bond acceptors (Lipinski definition) is 11. The van der Waals surface area contributed by atoms with E-state index in [1.54, 1.807) is 47.7 Å². The number of nitrogens with one attached hydrogen (secondary N) is 5. The topological polar surface area (TPSA) is 301 Å². The van der Waals surface area contributed by atoms with Gasteiger partial charge >= 0.3 is 30.5 Å². The van der Waals surface area contributed by atoms with Gasteiger partial charge in [0.2, 0.25) is 29.3 Å². The van der Waals surface area contributed by atoms with Crippen LogP contribution < -0.4 is 21.3 Å². The number of carbonyl (C=O) groups excluding carboxylic acids is 8. The highest BCUT2D eigenvalue weighted by Crippen LogP contribution is 2.44. The van der Waals surface area contributed by atoms with Crippen molar-refractivity contribution in [2.45, 2.75) is 128 Å². The number of ketones is 2. The first-order valence-electron chi connectivity index (χ1n) is 23.1. The summed E-state index contributed by atoms with van der Waals surface area (Å²) in [6, 6.07) is 17.3. The summed E-state index contributed by atoms with van der Waals surface area (Å²) in [5.74, 6) is -6.06. The number of aromatic amines is 1. The van der Waals surface area contributed by atoms with Crippen LogP contribution in [0.1, 0.15) is 103 Å². The lowest BCUT2D eigenvalue weighted by atomic mass is 9.98. The zero-order valence-corrected chi connectivity index (χ0v) is 40.5. The molecule has 0 radical (unpaired) electrons. The molecule has 1 aliphatic carbocycles. The number of alkyl carbamates (subject to hydrolysis) is 1. The fraction of sp³-hybridized carbons (Fsp3) is 0.412. The maximum absolute atomic E-state index is 14.4. The molecule has 4 aromatic rings. The number of para-hydroxylation sites is 1. The van der Waals surface area contributed by atoms with Crippen LogP contribution in [0.15, 0.2) is 79.0 Å². The lowest BCUT2D eigenvalue weighted by molar-refractivity contribution is -0.159. The Labute approximate surface area is 410 Å². The molecule has 0 bridgehead atoms. The highest BCUT2D eigenvalue weighted by atomic mass is 16.6. The van der Waals surface area contributed by atoms with Crippen molar-refractivity contribution in [3.63, 3.8) is 0 Å². The molecule has 3 aromatic carbocycles. The maximum Gasteiger partial charge on any atom is 0.407 e. The molecule has 0 spiro atoms. The summed E-state index contributed by atoms with van der Waals surface area (Å²) in [6.07, 6.45) is -0.292. The molecule has 20 nitrogen and oxygen atoms in total. The second-order valence-corrected chi connectivity index (χ2v) is 18.9. The summed E-state index contributed by atoms with van der Waals surface area (Å²) in [4.78, 5) is 116. The predicted octanol–water partition coefficient (Wildman–Crippen LogP) is 4.84. The van der Waals surface area contributed by atoms with Crippen molar-refractivity contribution in [2.24, 2.45) is 0 Å². The third-order valence-electron chi connectivity index (χ3n) is 11.1. The number of Topliss-reactive ketones (excluding diaryl/α,β-unsaturated/α-hetero) is 2. The fourth-order valence-corrected chi connectivity index (χ4v) is 7.94. The maximum atomic E-state index is 14.4. The second kappa shape index (κ2) is 24.5. The van der Waals surface area contributed by atoms with E-state index in [0.717, 1.165) is 33.2 Å². The minimum Gasteiger partial charge on any atom is -0.458 e. The van der Waals surface area contributed by atoms with Gasteiger partial charge in [0.25, 0.3) is 0 Å². The number of fused-ring (bicyclic) bond motifs is 4. The Morgan fingerprint density at radius 2 is 1.10 bits per heavy atom. The summed E-state index contributed by atoms with van der Waals surface area (Å²) in [5.41, 5.74) is 21.1. The molecule has 5 rings (SSSR count). The number of H-pyrrole nitrogens is 1. The van der Waals surface area contributed by atoms with Crippen molar-refractivity contribution in [1.29, 1.82) is 0 Å². The smallest absolute Gasteiger partial charge is 0.407 e. The van der Waals surface area contributed by atoms with Gasteiger partial charge in [0.1, 0.15) is 42.0 Å². The van der Waals surface area contributed by atoms with Gasteiger partial charge in [-0.2, -0.15) is 9.58 Å². The van der Waals surface area contributed by atoms with E-state index in [4.69, 9.17) is 25.3 Å². The number of benzene rings is 3. The molecule has 4 amide bonds. The third kappa shape index (κ3) is 16.0. The molecule has 0 aliphatic heterocycles. The van der Waals surface area contributed by atoms with E-state index in [1.165, 1.54) is 0 Å². The predicted molar refractivity (Wildman–Crippen MR) is 259 cm³/mol. The van der Waals surface area contributed by atoms with Crippen molar-refractivity contribution in [3.05, 3.63) is 107 Å². The van der Waals surface area contributed by atoms with Crippen LogP contribution in [0.4, 0.5) is 4.79 Å². The standard InChI is InChI=1S/C51H59N9O11/c1-50(2,3)70-47(66)41(22-20-32(62)28-56-53)58-45(64)40(21-19-31(61)27-55-52)57-44(63)24-23-42(48(67)71-51(4,5)6)59-46(65)43(25-30-26-54-39-18-12-11-13-33(30)39)60-49(68)69-29-38-36-16-9-7-14-34(36)35-15-8-10-17-37(35)38/h7-18,26-28,38,40-43,54H,19-25,29H2,1-6H3,(H,57,63)(H,58,64)(H,59,65)(H,60,68)/t40-,41-,42-,43-/m0/s1. The Balaban J connectivity index is 1.35. The van der Waals surface area contributed by atoms with E-state index in [1.807, 2.05) is 72.8 Å². The van der Waals surface area contributed by atoms with Crippen molar-refractivity contribution >= 4 is 70.7 Å². The molecule has 0 unspecified atom stereocenters. The van der Waals surface area contributed by atoms with Gasteiger partial charge in [-0.3, -0.25) is 24.0 Å². The van der Waals surface area contributed by atoms with Gasteiger partial charge < -0.3 is 51.5 Å². The van der Waals surface area contributed by atoms with Crippen molar-refractivity contribution < 1.29 is 62.1 Å². The van der Waals surface area contributed by atoms with Gasteiger partial charge in [0.15, 0.2) is 0 Å². The van der Waals surface area contributed by atoms with E-state index in [0.29, 0.717) is 18.0 Å². The Morgan fingerprint density at radius 1 is 0.620 bits per heavy atom. The van der Waals surface area contributed by atoms with Gasteiger partial charge in [0, 0.05) is 48.7 Å². The monoisotopic (exact) mass is 973 g/mol. The Bertz CT molecular complexity index is 2700. The van der Waals surface area contributed by atoms with Gasteiger partial charge in [-0.1, -0.05) is 66.7 Å². The summed E-state index contributed by atoms with van der Waals surface area (Å²) >= 11 is 0. The molecule has 1 aromatic heterocycles. The summed E-state index contributed by atoms with van der Waals surface area (Å²) in [5, 5.41) is 11.1. The molecule has 71 heavy (non-hydrogen) atoms. The van der Waals surface area contributed by atoms with Gasteiger partial charge in [-0.15, -0.1) is 0 Å². The number of ether oxygens (including phenoxy) is 3. The molecule has 1 heterocycles.